The van der Waals surface area contributed by atoms with E-state index >= 15 is 0 Å². The molecule has 2 aliphatic carbocycles. The lowest BCUT2D eigenvalue weighted by molar-refractivity contribution is -0.132. The van der Waals surface area contributed by atoms with Crippen LogP contribution in [-0.4, -0.2) is 47.0 Å². The first kappa shape index (κ1) is 14.0. The van der Waals surface area contributed by atoms with Crippen molar-refractivity contribution in [3.8, 4) is 0 Å². The number of aromatic nitrogens is 2. The summed E-state index contributed by atoms with van der Waals surface area (Å²) >= 11 is 0. The average molecular weight is 300 g/mol. The van der Waals surface area contributed by atoms with Crippen LogP contribution in [0, 0.1) is 12.8 Å². The summed E-state index contributed by atoms with van der Waals surface area (Å²) in [7, 11) is 0. The maximum atomic E-state index is 12.1. The number of piperazine rings is 1. The summed E-state index contributed by atoms with van der Waals surface area (Å²) in [5, 5.41) is 0. The highest BCUT2D eigenvalue weighted by Gasteiger charge is 2.34. The molecule has 4 rings (SSSR count). The van der Waals surface area contributed by atoms with Crippen molar-refractivity contribution in [3.05, 3.63) is 17.6 Å². The Balaban J connectivity index is 1.44. The summed E-state index contributed by atoms with van der Waals surface area (Å²) in [6.07, 6.45) is 6.04. The zero-order valence-corrected chi connectivity index (χ0v) is 13.3. The van der Waals surface area contributed by atoms with E-state index in [1.165, 1.54) is 25.0 Å². The Hall–Kier alpha value is -1.65. The van der Waals surface area contributed by atoms with Gasteiger partial charge in [0.05, 0.1) is 0 Å². The Bertz CT molecular complexity index is 572. The molecular weight excluding hydrogens is 276 g/mol. The van der Waals surface area contributed by atoms with Gasteiger partial charge in [-0.25, -0.2) is 9.97 Å². The van der Waals surface area contributed by atoms with Crippen molar-refractivity contribution in [2.45, 2.75) is 44.9 Å². The van der Waals surface area contributed by atoms with Crippen LogP contribution in [0.4, 0.5) is 5.82 Å². The molecule has 1 aliphatic heterocycles. The van der Waals surface area contributed by atoms with E-state index in [0.29, 0.717) is 17.7 Å². The third kappa shape index (κ3) is 2.69. The van der Waals surface area contributed by atoms with E-state index in [1.54, 1.807) is 0 Å². The number of carbonyl (C=O) groups is 1. The molecule has 1 saturated heterocycles. The summed E-state index contributed by atoms with van der Waals surface area (Å²) in [4.78, 5) is 25.7. The lowest BCUT2D eigenvalue weighted by Gasteiger charge is -2.36. The van der Waals surface area contributed by atoms with Crippen LogP contribution in [0.25, 0.3) is 0 Å². The van der Waals surface area contributed by atoms with Crippen molar-refractivity contribution < 1.29 is 4.79 Å². The summed E-state index contributed by atoms with van der Waals surface area (Å²) < 4.78 is 0. The molecule has 5 nitrogen and oxygen atoms in total. The first-order valence-corrected chi connectivity index (χ1v) is 8.60. The Morgan fingerprint density at radius 2 is 1.82 bits per heavy atom. The predicted octanol–water partition coefficient (Wildman–Crippen LogP) is 2.11. The van der Waals surface area contributed by atoms with Gasteiger partial charge in [0.15, 0.2) is 0 Å². The number of anilines is 1. The smallest absolute Gasteiger partial charge is 0.225 e. The van der Waals surface area contributed by atoms with E-state index in [0.717, 1.165) is 50.7 Å². The third-order valence-electron chi connectivity index (χ3n) is 5.21. The molecule has 3 fully saturated rings. The molecule has 22 heavy (non-hydrogen) atoms. The molecule has 0 atom stereocenters. The van der Waals surface area contributed by atoms with Crippen molar-refractivity contribution in [1.82, 2.24) is 14.9 Å². The van der Waals surface area contributed by atoms with Crippen molar-refractivity contribution in [2.24, 2.45) is 5.92 Å². The Labute approximate surface area is 131 Å². The summed E-state index contributed by atoms with van der Waals surface area (Å²) in [5.74, 6) is 3.26. The normalized spacial score (nSPS) is 22.6. The third-order valence-corrected chi connectivity index (χ3v) is 5.21. The van der Waals surface area contributed by atoms with Gasteiger partial charge in [0, 0.05) is 49.8 Å². The molecule has 1 aromatic rings. The van der Waals surface area contributed by atoms with Gasteiger partial charge in [-0.2, -0.15) is 0 Å². The largest absolute Gasteiger partial charge is 0.353 e. The van der Waals surface area contributed by atoms with Gasteiger partial charge in [-0.15, -0.1) is 0 Å². The van der Waals surface area contributed by atoms with E-state index in [2.05, 4.69) is 20.9 Å². The number of rotatable bonds is 3. The van der Waals surface area contributed by atoms with Crippen molar-refractivity contribution >= 4 is 11.7 Å². The zero-order valence-electron chi connectivity index (χ0n) is 13.3. The SMILES string of the molecule is Cc1nc(C2CCC2)cc(N2CCN(C(=O)C3CC3)CC2)n1. The summed E-state index contributed by atoms with van der Waals surface area (Å²) in [5.41, 5.74) is 1.21. The number of amides is 1. The predicted molar refractivity (Wildman–Crippen MR) is 84.9 cm³/mol. The van der Waals surface area contributed by atoms with Gasteiger partial charge in [0.2, 0.25) is 5.91 Å². The van der Waals surface area contributed by atoms with Gasteiger partial charge in [-0.1, -0.05) is 6.42 Å². The van der Waals surface area contributed by atoms with Gasteiger partial charge in [-0.05, 0) is 32.6 Å². The zero-order chi connectivity index (χ0) is 15.1. The van der Waals surface area contributed by atoms with E-state index in [-0.39, 0.29) is 0 Å². The van der Waals surface area contributed by atoms with Crippen molar-refractivity contribution in [3.63, 3.8) is 0 Å². The maximum Gasteiger partial charge on any atom is 0.225 e. The Kier molecular flexibility index (Phi) is 3.51. The fourth-order valence-electron chi connectivity index (χ4n) is 3.39. The molecular formula is C17H24N4O. The molecule has 0 unspecified atom stereocenters. The van der Waals surface area contributed by atoms with E-state index in [1.807, 2.05) is 11.8 Å². The average Bonchev–Trinajstić information content (AvgIpc) is 3.29. The topological polar surface area (TPSA) is 49.3 Å². The molecule has 5 heteroatoms. The lowest BCUT2D eigenvalue weighted by atomic mass is 9.83. The van der Waals surface area contributed by atoms with E-state index in [9.17, 15) is 4.79 Å². The van der Waals surface area contributed by atoms with Crippen LogP contribution in [0.3, 0.4) is 0 Å². The molecule has 0 spiro atoms. The second kappa shape index (κ2) is 5.52. The molecule has 0 radical (unpaired) electrons. The van der Waals surface area contributed by atoms with Gasteiger partial charge in [-0.3, -0.25) is 4.79 Å². The molecule has 2 heterocycles. The highest BCUT2D eigenvalue weighted by atomic mass is 16.2. The van der Waals surface area contributed by atoms with Crippen LogP contribution in [0.2, 0.25) is 0 Å². The molecule has 118 valence electrons. The first-order valence-electron chi connectivity index (χ1n) is 8.60. The Morgan fingerprint density at radius 1 is 1.09 bits per heavy atom. The molecule has 0 aromatic carbocycles. The van der Waals surface area contributed by atoms with Gasteiger partial charge in [0.1, 0.15) is 11.6 Å². The fraction of sp³-hybridized carbons (Fsp3) is 0.706. The standard InChI is InChI=1S/C17H24N4O/c1-12-18-15(13-3-2-4-13)11-16(19-12)20-7-9-21(10-8-20)17(22)14-5-6-14/h11,13-14H,2-10H2,1H3. The highest BCUT2D eigenvalue weighted by molar-refractivity contribution is 5.81. The number of hydrogen-bond acceptors (Lipinski definition) is 4. The summed E-state index contributed by atoms with van der Waals surface area (Å²) in [6.45, 7) is 5.42. The molecule has 1 aromatic heterocycles. The van der Waals surface area contributed by atoms with Crippen LogP contribution in [0.15, 0.2) is 6.07 Å². The van der Waals surface area contributed by atoms with E-state index in [4.69, 9.17) is 0 Å². The quantitative estimate of drug-likeness (QED) is 0.858. The minimum Gasteiger partial charge on any atom is -0.353 e. The van der Waals surface area contributed by atoms with Crippen LogP contribution in [-0.2, 0) is 4.79 Å². The Morgan fingerprint density at radius 3 is 2.41 bits per heavy atom. The van der Waals surface area contributed by atoms with Crippen molar-refractivity contribution in [1.29, 1.82) is 0 Å². The van der Waals surface area contributed by atoms with Crippen LogP contribution >= 0.6 is 0 Å². The summed E-state index contributed by atoms with van der Waals surface area (Å²) in [6, 6.07) is 2.18. The van der Waals surface area contributed by atoms with Crippen molar-refractivity contribution in [2.75, 3.05) is 31.1 Å². The fourth-order valence-corrected chi connectivity index (χ4v) is 3.39. The van der Waals surface area contributed by atoms with Gasteiger partial charge < -0.3 is 9.80 Å². The first-order chi connectivity index (χ1) is 10.7. The van der Waals surface area contributed by atoms with Gasteiger partial charge >= 0.3 is 0 Å². The minimum atomic E-state index is 0.332. The molecule has 1 amide bonds. The second-order valence-electron chi connectivity index (χ2n) is 6.91. The lowest BCUT2D eigenvalue weighted by Crippen LogP contribution is -2.49. The highest BCUT2D eigenvalue weighted by Crippen LogP contribution is 2.36. The van der Waals surface area contributed by atoms with Crippen LogP contribution in [0.1, 0.15) is 49.5 Å². The van der Waals surface area contributed by atoms with Crippen LogP contribution in [0.5, 0.6) is 0 Å². The molecule has 3 aliphatic rings. The maximum absolute atomic E-state index is 12.1. The second-order valence-corrected chi connectivity index (χ2v) is 6.91. The number of carbonyl (C=O) groups excluding carboxylic acids is 1. The number of nitrogens with zero attached hydrogens (tertiary/aromatic N) is 4. The minimum absolute atomic E-state index is 0.332. The monoisotopic (exact) mass is 300 g/mol. The number of hydrogen-bond donors (Lipinski definition) is 0. The molecule has 0 bridgehead atoms. The van der Waals surface area contributed by atoms with E-state index < -0.39 is 0 Å². The number of aryl methyl sites for hydroxylation is 1. The molecule has 2 saturated carbocycles. The van der Waals surface area contributed by atoms with Gasteiger partial charge in [0.25, 0.3) is 0 Å². The molecule has 0 N–H and O–H groups in total. The van der Waals surface area contributed by atoms with Crippen LogP contribution < -0.4 is 4.90 Å².